The van der Waals surface area contributed by atoms with Crippen molar-refractivity contribution in [3.05, 3.63) is 40.1 Å². The zero-order chi connectivity index (χ0) is 13.0. The predicted octanol–water partition coefficient (Wildman–Crippen LogP) is 2.97. The Hall–Kier alpha value is -0.980. The van der Waals surface area contributed by atoms with Crippen molar-refractivity contribution in [1.29, 1.82) is 0 Å². The first kappa shape index (κ1) is 13.5. The molecule has 1 aromatic carbocycles. The molecule has 0 aliphatic carbocycles. The van der Waals surface area contributed by atoms with Crippen LogP contribution in [0.5, 0.6) is 5.75 Å². The number of aromatic amines is 1. The molecule has 2 aromatic rings. The van der Waals surface area contributed by atoms with Gasteiger partial charge in [0.15, 0.2) is 0 Å². The van der Waals surface area contributed by atoms with Gasteiger partial charge in [-0.2, -0.15) is 5.10 Å². The topological polar surface area (TPSA) is 58.1 Å². The summed E-state index contributed by atoms with van der Waals surface area (Å²) in [4.78, 5) is 1.20. The van der Waals surface area contributed by atoms with Crippen molar-refractivity contribution < 1.29 is 9.84 Å². The normalized spacial score (nSPS) is 10.6. The number of ether oxygens (including phenoxy) is 1. The van der Waals surface area contributed by atoms with Crippen LogP contribution in [0.1, 0.15) is 11.4 Å². The van der Waals surface area contributed by atoms with Gasteiger partial charge in [-0.25, -0.2) is 0 Å². The van der Waals surface area contributed by atoms with Gasteiger partial charge in [0.05, 0.1) is 16.8 Å². The third kappa shape index (κ3) is 3.07. The molecule has 0 unspecified atom stereocenters. The molecule has 0 fully saturated rings. The van der Waals surface area contributed by atoms with E-state index in [1.54, 1.807) is 11.8 Å². The number of benzene rings is 1. The Morgan fingerprint density at radius 2 is 2.11 bits per heavy atom. The molecule has 18 heavy (non-hydrogen) atoms. The Morgan fingerprint density at radius 1 is 1.39 bits per heavy atom. The fourth-order valence-corrected chi connectivity index (χ4v) is 2.26. The van der Waals surface area contributed by atoms with Crippen LogP contribution in [0.3, 0.4) is 0 Å². The number of rotatable bonds is 5. The van der Waals surface area contributed by atoms with Crippen molar-refractivity contribution in [2.24, 2.45) is 0 Å². The molecule has 4 nitrogen and oxygen atoms in total. The zero-order valence-corrected chi connectivity index (χ0v) is 12.2. The van der Waals surface area contributed by atoms with Gasteiger partial charge < -0.3 is 9.84 Å². The maximum absolute atomic E-state index is 9.03. The molecule has 0 aliphatic rings. The van der Waals surface area contributed by atoms with E-state index in [9.17, 15) is 0 Å². The highest BCUT2D eigenvalue weighted by molar-refractivity contribution is 9.10. The third-order valence-corrected chi connectivity index (χ3v) is 4.12. The number of thioether (sulfide) groups is 1. The predicted molar refractivity (Wildman–Crippen MR) is 74.8 cm³/mol. The fraction of sp³-hybridized carbons (Fsp3) is 0.250. The van der Waals surface area contributed by atoms with Crippen LogP contribution in [-0.2, 0) is 13.2 Å². The van der Waals surface area contributed by atoms with Crippen LogP contribution >= 0.6 is 27.7 Å². The van der Waals surface area contributed by atoms with Gasteiger partial charge in [0.2, 0.25) is 0 Å². The van der Waals surface area contributed by atoms with Crippen LogP contribution in [0.4, 0.5) is 0 Å². The Kier molecular flexibility index (Phi) is 4.68. The first-order chi connectivity index (χ1) is 8.74. The largest absolute Gasteiger partial charge is 0.487 e. The van der Waals surface area contributed by atoms with Crippen LogP contribution in [0.2, 0.25) is 0 Å². The quantitative estimate of drug-likeness (QED) is 0.828. The molecule has 0 aliphatic heterocycles. The highest BCUT2D eigenvalue weighted by atomic mass is 79.9. The van der Waals surface area contributed by atoms with Crippen molar-refractivity contribution in [3.63, 3.8) is 0 Å². The summed E-state index contributed by atoms with van der Waals surface area (Å²) in [7, 11) is 0. The van der Waals surface area contributed by atoms with E-state index in [1.807, 2.05) is 30.5 Å². The molecule has 96 valence electrons. The summed E-state index contributed by atoms with van der Waals surface area (Å²) < 4.78 is 6.40. The summed E-state index contributed by atoms with van der Waals surface area (Å²) >= 11 is 5.06. The summed E-state index contributed by atoms with van der Waals surface area (Å²) in [6.45, 7) is 0.283. The molecule has 0 spiro atoms. The van der Waals surface area contributed by atoms with E-state index >= 15 is 0 Å². The van der Waals surface area contributed by atoms with Crippen molar-refractivity contribution in [2.75, 3.05) is 6.26 Å². The number of aromatic nitrogens is 2. The van der Waals surface area contributed by atoms with Gasteiger partial charge in [0.25, 0.3) is 0 Å². The number of nitrogens with one attached hydrogen (secondary N) is 1. The van der Waals surface area contributed by atoms with Gasteiger partial charge in [-0.05, 0) is 46.5 Å². The van der Waals surface area contributed by atoms with Crippen LogP contribution < -0.4 is 4.74 Å². The molecule has 0 saturated carbocycles. The van der Waals surface area contributed by atoms with E-state index in [2.05, 4.69) is 26.1 Å². The van der Waals surface area contributed by atoms with Crippen molar-refractivity contribution in [1.82, 2.24) is 10.2 Å². The summed E-state index contributed by atoms with van der Waals surface area (Å²) in [6, 6.07) is 7.89. The van der Waals surface area contributed by atoms with Crippen molar-refractivity contribution in [2.45, 2.75) is 18.1 Å². The Morgan fingerprint density at radius 3 is 2.67 bits per heavy atom. The Bertz CT molecular complexity index is 513. The van der Waals surface area contributed by atoms with E-state index in [0.717, 1.165) is 15.9 Å². The van der Waals surface area contributed by atoms with Gasteiger partial charge in [-0.1, -0.05) is 0 Å². The third-order valence-electron chi connectivity index (χ3n) is 2.44. The number of hydrogen-bond donors (Lipinski definition) is 2. The first-order valence-electron chi connectivity index (χ1n) is 5.34. The average molecular weight is 329 g/mol. The second-order valence-electron chi connectivity index (χ2n) is 3.59. The minimum atomic E-state index is -0.0734. The van der Waals surface area contributed by atoms with Crippen LogP contribution in [0, 0.1) is 0 Å². The van der Waals surface area contributed by atoms with E-state index in [-0.39, 0.29) is 6.61 Å². The first-order valence-corrected chi connectivity index (χ1v) is 7.35. The van der Waals surface area contributed by atoms with Gasteiger partial charge in [-0.3, -0.25) is 5.10 Å². The second kappa shape index (κ2) is 6.26. The smallest absolute Gasteiger partial charge is 0.133 e. The second-order valence-corrected chi connectivity index (χ2v) is 5.26. The number of H-pyrrole nitrogens is 1. The molecule has 0 bridgehead atoms. The summed E-state index contributed by atoms with van der Waals surface area (Å²) in [5, 5.41) is 15.9. The maximum atomic E-state index is 9.03. The lowest BCUT2D eigenvalue weighted by Gasteiger charge is -2.05. The van der Waals surface area contributed by atoms with E-state index in [1.165, 1.54) is 4.90 Å². The van der Waals surface area contributed by atoms with Crippen molar-refractivity contribution in [3.8, 4) is 5.75 Å². The van der Waals surface area contributed by atoms with Crippen molar-refractivity contribution >= 4 is 27.7 Å². The molecule has 1 heterocycles. The molecule has 0 radical (unpaired) electrons. The molecule has 2 rings (SSSR count). The molecule has 2 N–H and O–H groups in total. The minimum absolute atomic E-state index is 0.0734. The highest BCUT2D eigenvalue weighted by Gasteiger charge is 2.10. The lowest BCUT2D eigenvalue weighted by Crippen LogP contribution is -1.96. The molecule has 6 heteroatoms. The van der Waals surface area contributed by atoms with Gasteiger partial charge in [-0.15, -0.1) is 11.8 Å². The highest BCUT2D eigenvalue weighted by Crippen LogP contribution is 2.22. The zero-order valence-electron chi connectivity index (χ0n) is 9.81. The minimum Gasteiger partial charge on any atom is -0.487 e. The van der Waals surface area contributed by atoms with Gasteiger partial charge in [0.1, 0.15) is 18.1 Å². The number of halogens is 1. The standard InChI is InChI=1S/C12H13BrN2O2S/c1-18-9-4-2-8(3-5-9)17-7-11-12(13)10(6-16)14-15-11/h2-5,16H,6-7H2,1H3,(H,14,15). The SMILES string of the molecule is CSc1ccc(OCc2n[nH]c(CO)c2Br)cc1. The molecule has 0 amide bonds. The fourth-order valence-electron chi connectivity index (χ4n) is 1.43. The monoisotopic (exact) mass is 328 g/mol. The van der Waals surface area contributed by atoms with Gasteiger partial charge in [0, 0.05) is 4.90 Å². The Balaban J connectivity index is 1.99. The van der Waals surface area contributed by atoms with Crippen LogP contribution in [0.25, 0.3) is 0 Å². The van der Waals surface area contributed by atoms with Crippen LogP contribution in [0.15, 0.2) is 33.6 Å². The Labute approximate surface area is 118 Å². The van der Waals surface area contributed by atoms with Gasteiger partial charge >= 0.3 is 0 Å². The van der Waals surface area contributed by atoms with E-state index in [4.69, 9.17) is 9.84 Å². The number of aliphatic hydroxyl groups excluding tert-OH is 1. The molecule has 0 saturated heterocycles. The average Bonchev–Trinajstić information content (AvgIpc) is 2.77. The number of nitrogens with zero attached hydrogens (tertiary/aromatic N) is 1. The lowest BCUT2D eigenvalue weighted by atomic mass is 10.3. The lowest BCUT2D eigenvalue weighted by molar-refractivity contribution is 0.276. The van der Waals surface area contributed by atoms with E-state index in [0.29, 0.717) is 12.3 Å². The van der Waals surface area contributed by atoms with E-state index < -0.39 is 0 Å². The molecular formula is C12H13BrN2O2S. The van der Waals surface area contributed by atoms with Crippen LogP contribution in [-0.4, -0.2) is 21.6 Å². The molecular weight excluding hydrogens is 316 g/mol. The molecule has 0 atom stereocenters. The number of hydrogen-bond acceptors (Lipinski definition) is 4. The summed E-state index contributed by atoms with van der Waals surface area (Å²) in [5.41, 5.74) is 1.40. The number of aliphatic hydroxyl groups is 1. The molecule has 1 aromatic heterocycles. The summed E-state index contributed by atoms with van der Waals surface area (Å²) in [5.74, 6) is 0.799. The maximum Gasteiger partial charge on any atom is 0.133 e. The summed E-state index contributed by atoms with van der Waals surface area (Å²) in [6.07, 6.45) is 2.03.